The van der Waals surface area contributed by atoms with Crippen LogP contribution in [0, 0.1) is 5.82 Å². The highest BCUT2D eigenvalue weighted by atomic mass is 19.1. The minimum atomic E-state index is -0.294. The summed E-state index contributed by atoms with van der Waals surface area (Å²) in [6.07, 6.45) is 0. The molecular formula is C15H11FN2O. The molecule has 2 aromatic carbocycles. The van der Waals surface area contributed by atoms with Crippen molar-refractivity contribution in [1.82, 2.24) is 4.98 Å². The van der Waals surface area contributed by atoms with Crippen LogP contribution in [-0.4, -0.2) is 11.5 Å². The molecule has 0 bridgehead atoms. The predicted octanol–water partition coefficient (Wildman–Crippen LogP) is 3.52. The first-order valence-corrected chi connectivity index (χ1v) is 6.20. The van der Waals surface area contributed by atoms with E-state index >= 15 is 0 Å². The van der Waals surface area contributed by atoms with Gasteiger partial charge in [0.1, 0.15) is 11.3 Å². The summed E-state index contributed by atoms with van der Waals surface area (Å²) in [5, 5.41) is 3.33. The van der Waals surface area contributed by atoms with Crippen molar-refractivity contribution < 1.29 is 8.81 Å². The Kier molecular flexibility index (Phi) is 2.12. The molecule has 3 nitrogen and oxygen atoms in total. The van der Waals surface area contributed by atoms with E-state index in [-0.39, 0.29) is 11.7 Å². The van der Waals surface area contributed by atoms with E-state index in [0.717, 1.165) is 12.2 Å². The van der Waals surface area contributed by atoms with Gasteiger partial charge in [-0.25, -0.2) is 9.37 Å². The number of hydrogen-bond donors (Lipinski definition) is 1. The summed E-state index contributed by atoms with van der Waals surface area (Å²) >= 11 is 0. The summed E-state index contributed by atoms with van der Waals surface area (Å²) in [5.74, 6) is 0.432. The monoisotopic (exact) mass is 254 g/mol. The molecule has 94 valence electrons. The third-order valence-electron chi connectivity index (χ3n) is 3.50. The molecule has 0 radical (unpaired) electrons. The average Bonchev–Trinajstić information content (AvgIpc) is 3.00. The molecule has 2 heterocycles. The van der Waals surface area contributed by atoms with E-state index in [1.54, 1.807) is 6.07 Å². The van der Waals surface area contributed by atoms with Gasteiger partial charge < -0.3 is 9.73 Å². The molecule has 0 aliphatic carbocycles. The number of rotatable bonds is 1. The highest BCUT2D eigenvalue weighted by molar-refractivity contribution is 5.73. The fourth-order valence-electron chi connectivity index (χ4n) is 2.57. The second-order valence-corrected chi connectivity index (χ2v) is 4.68. The number of halogens is 1. The third kappa shape index (κ3) is 1.60. The van der Waals surface area contributed by atoms with Gasteiger partial charge in [0.2, 0.25) is 5.89 Å². The molecule has 1 unspecified atom stereocenters. The Morgan fingerprint density at radius 2 is 2.11 bits per heavy atom. The Morgan fingerprint density at radius 1 is 1.21 bits per heavy atom. The Labute approximate surface area is 109 Å². The molecule has 4 heteroatoms. The summed E-state index contributed by atoms with van der Waals surface area (Å²) in [5.41, 5.74) is 3.48. The van der Waals surface area contributed by atoms with Gasteiger partial charge in [-0.05, 0) is 23.8 Å². The topological polar surface area (TPSA) is 38.1 Å². The standard InChI is InChI=1S/C15H11FN2O/c16-9-5-6-14-13(7-9)18-15(19-14)11-8-17-12-4-2-1-3-10(11)12/h1-7,11,17H,8H2. The largest absolute Gasteiger partial charge is 0.440 e. The number of anilines is 1. The Hall–Kier alpha value is -2.36. The number of nitrogens with one attached hydrogen (secondary N) is 1. The molecule has 0 fully saturated rings. The van der Waals surface area contributed by atoms with Gasteiger partial charge in [0.25, 0.3) is 0 Å². The molecule has 1 atom stereocenters. The van der Waals surface area contributed by atoms with Crippen molar-refractivity contribution in [3.05, 3.63) is 59.7 Å². The van der Waals surface area contributed by atoms with Crippen molar-refractivity contribution in [1.29, 1.82) is 0 Å². The fraction of sp³-hybridized carbons (Fsp3) is 0.133. The number of oxazole rings is 1. The fourth-order valence-corrected chi connectivity index (χ4v) is 2.57. The summed E-state index contributed by atoms with van der Waals surface area (Å²) in [4.78, 5) is 4.41. The van der Waals surface area contributed by atoms with Crippen LogP contribution in [0.4, 0.5) is 10.1 Å². The molecule has 19 heavy (non-hydrogen) atoms. The zero-order valence-corrected chi connectivity index (χ0v) is 10.1. The van der Waals surface area contributed by atoms with Gasteiger partial charge in [0, 0.05) is 18.3 Å². The lowest BCUT2D eigenvalue weighted by atomic mass is 10.0. The van der Waals surface area contributed by atoms with E-state index in [9.17, 15) is 4.39 Å². The van der Waals surface area contributed by atoms with E-state index in [0.29, 0.717) is 17.0 Å². The van der Waals surface area contributed by atoms with Crippen molar-refractivity contribution in [3.8, 4) is 0 Å². The molecule has 0 saturated carbocycles. The molecule has 1 N–H and O–H groups in total. The lowest BCUT2D eigenvalue weighted by Crippen LogP contribution is -2.03. The van der Waals surface area contributed by atoms with Crippen molar-refractivity contribution in [2.45, 2.75) is 5.92 Å². The minimum Gasteiger partial charge on any atom is -0.440 e. The van der Waals surface area contributed by atoms with E-state index in [1.807, 2.05) is 18.2 Å². The number of nitrogens with zero attached hydrogens (tertiary/aromatic N) is 1. The molecule has 0 saturated heterocycles. The van der Waals surface area contributed by atoms with Crippen LogP contribution in [0.15, 0.2) is 46.9 Å². The van der Waals surface area contributed by atoms with E-state index in [4.69, 9.17) is 4.42 Å². The van der Waals surface area contributed by atoms with Gasteiger partial charge in [-0.15, -0.1) is 0 Å². The van der Waals surface area contributed by atoms with Gasteiger partial charge in [-0.3, -0.25) is 0 Å². The molecule has 1 aliphatic heterocycles. The molecular weight excluding hydrogens is 243 g/mol. The first-order valence-electron chi connectivity index (χ1n) is 6.20. The molecule has 0 spiro atoms. The maximum atomic E-state index is 13.2. The quantitative estimate of drug-likeness (QED) is 0.722. The number of hydrogen-bond acceptors (Lipinski definition) is 3. The highest BCUT2D eigenvalue weighted by Crippen LogP contribution is 2.36. The van der Waals surface area contributed by atoms with Gasteiger partial charge in [0.15, 0.2) is 5.58 Å². The zero-order valence-electron chi connectivity index (χ0n) is 10.1. The Morgan fingerprint density at radius 3 is 3.05 bits per heavy atom. The summed E-state index contributed by atoms with van der Waals surface area (Å²) in [7, 11) is 0. The number of fused-ring (bicyclic) bond motifs is 2. The molecule has 0 amide bonds. The van der Waals surface area contributed by atoms with E-state index in [1.165, 1.54) is 17.7 Å². The smallest absolute Gasteiger partial charge is 0.204 e. The van der Waals surface area contributed by atoms with Crippen molar-refractivity contribution in [3.63, 3.8) is 0 Å². The van der Waals surface area contributed by atoms with Gasteiger partial charge in [-0.2, -0.15) is 0 Å². The maximum absolute atomic E-state index is 13.2. The average molecular weight is 254 g/mol. The van der Waals surface area contributed by atoms with Gasteiger partial charge >= 0.3 is 0 Å². The SMILES string of the molecule is Fc1ccc2oc(C3CNc4ccccc43)nc2c1. The van der Waals surface area contributed by atoms with E-state index in [2.05, 4.69) is 16.4 Å². The zero-order chi connectivity index (χ0) is 12.8. The number of benzene rings is 2. The van der Waals surface area contributed by atoms with Gasteiger partial charge in [0.05, 0.1) is 5.92 Å². The number of aromatic nitrogens is 1. The summed E-state index contributed by atoms with van der Waals surface area (Å²) < 4.78 is 18.9. The second kappa shape index (κ2) is 3.82. The van der Waals surface area contributed by atoms with Crippen LogP contribution >= 0.6 is 0 Å². The molecule has 1 aromatic heterocycles. The molecule has 3 aromatic rings. The third-order valence-corrected chi connectivity index (χ3v) is 3.50. The van der Waals surface area contributed by atoms with Crippen LogP contribution in [0.5, 0.6) is 0 Å². The van der Waals surface area contributed by atoms with Crippen LogP contribution in [0.2, 0.25) is 0 Å². The van der Waals surface area contributed by atoms with Crippen molar-refractivity contribution in [2.24, 2.45) is 0 Å². The maximum Gasteiger partial charge on any atom is 0.204 e. The lowest BCUT2D eigenvalue weighted by Gasteiger charge is -2.04. The summed E-state index contributed by atoms with van der Waals surface area (Å²) in [6, 6.07) is 12.5. The lowest BCUT2D eigenvalue weighted by molar-refractivity contribution is 0.511. The first-order chi connectivity index (χ1) is 9.31. The second-order valence-electron chi connectivity index (χ2n) is 4.68. The van der Waals surface area contributed by atoms with E-state index < -0.39 is 0 Å². The predicted molar refractivity (Wildman–Crippen MR) is 70.7 cm³/mol. The van der Waals surface area contributed by atoms with Crippen LogP contribution in [0.1, 0.15) is 17.4 Å². The Balaban J connectivity index is 1.83. The van der Waals surface area contributed by atoms with Crippen molar-refractivity contribution in [2.75, 3.05) is 11.9 Å². The molecule has 4 rings (SSSR count). The van der Waals surface area contributed by atoms with Crippen LogP contribution in [0.3, 0.4) is 0 Å². The Bertz CT molecular complexity index is 766. The number of para-hydroxylation sites is 1. The van der Waals surface area contributed by atoms with Crippen LogP contribution < -0.4 is 5.32 Å². The van der Waals surface area contributed by atoms with Crippen LogP contribution in [-0.2, 0) is 0 Å². The first kappa shape index (κ1) is 10.6. The minimum absolute atomic E-state index is 0.0895. The van der Waals surface area contributed by atoms with Gasteiger partial charge in [-0.1, -0.05) is 18.2 Å². The van der Waals surface area contributed by atoms with Crippen LogP contribution in [0.25, 0.3) is 11.1 Å². The normalized spacial score (nSPS) is 17.4. The molecule has 1 aliphatic rings. The highest BCUT2D eigenvalue weighted by Gasteiger charge is 2.27. The van der Waals surface area contributed by atoms with Crippen molar-refractivity contribution >= 4 is 16.8 Å². The summed E-state index contributed by atoms with van der Waals surface area (Å²) in [6.45, 7) is 0.759.